The molecule has 0 saturated heterocycles. The van der Waals surface area contributed by atoms with Gasteiger partial charge in [-0.05, 0) is 48.9 Å². The summed E-state index contributed by atoms with van der Waals surface area (Å²) in [5, 5.41) is 11.9. The van der Waals surface area contributed by atoms with E-state index in [0.717, 1.165) is 30.7 Å². The molecule has 3 heteroatoms. The van der Waals surface area contributed by atoms with E-state index < -0.39 is 0 Å². The minimum atomic E-state index is 0.108. The van der Waals surface area contributed by atoms with Gasteiger partial charge in [-0.2, -0.15) is 5.26 Å². The monoisotopic (exact) mass is 244 g/mol. The van der Waals surface area contributed by atoms with Crippen LogP contribution in [-0.2, 0) is 6.54 Å². The molecule has 0 aromatic heterocycles. The summed E-state index contributed by atoms with van der Waals surface area (Å²) in [5.74, 6) is 2.51. The highest BCUT2D eigenvalue weighted by molar-refractivity contribution is 5.27. The summed E-state index contributed by atoms with van der Waals surface area (Å²) in [5.41, 5.74) is 1.25. The first-order valence-corrected chi connectivity index (χ1v) is 6.59. The molecule has 1 aliphatic carbocycles. The van der Waals surface area contributed by atoms with Crippen LogP contribution in [0.15, 0.2) is 24.3 Å². The highest BCUT2D eigenvalue weighted by atomic mass is 16.5. The Balaban J connectivity index is 1.70. The maximum Gasteiger partial charge on any atom is 0.174 e. The smallest absolute Gasteiger partial charge is 0.174 e. The zero-order valence-corrected chi connectivity index (χ0v) is 10.9. The van der Waals surface area contributed by atoms with Crippen LogP contribution in [0.3, 0.4) is 0 Å². The van der Waals surface area contributed by atoms with Crippen molar-refractivity contribution in [3.63, 3.8) is 0 Å². The molecule has 1 N–H and O–H groups in total. The third kappa shape index (κ3) is 4.05. The van der Waals surface area contributed by atoms with Crippen molar-refractivity contribution in [1.82, 2.24) is 5.32 Å². The predicted octanol–water partition coefficient (Wildman–Crippen LogP) is 2.72. The second kappa shape index (κ2) is 6.42. The van der Waals surface area contributed by atoms with Crippen LogP contribution in [0.5, 0.6) is 5.75 Å². The first-order valence-electron chi connectivity index (χ1n) is 6.59. The molecule has 18 heavy (non-hydrogen) atoms. The van der Waals surface area contributed by atoms with Gasteiger partial charge in [0.25, 0.3) is 0 Å². The predicted molar refractivity (Wildman–Crippen MR) is 71.1 cm³/mol. The largest absolute Gasteiger partial charge is 0.479 e. The lowest BCUT2D eigenvalue weighted by atomic mass is 10.1. The molecule has 0 aliphatic heterocycles. The number of rotatable bonds is 7. The molecular formula is C15H20N2O. The van der Waals surface area contributed by atoms with Crippen LogP contribution in [-0.4, -0.2) is 13.2 Å². The van der Waals surface area contributed by atoms with Gasteiger partial charge in [0.15, 0.2) is 6.61 Å². The van der Waals surface area contributed by atoms with Crippen molar-refractivity contribution in [3.8, 4) is 11.8 Å². The van der Waals surface area contributed by atoms with E-state index in [9.17, 15) is 0 Å². The van der Waals surface area contributed by atoms with Crippen molar-refractivity contribution in [2.45, 2.75) is 26.3 Å². The number of nitrogens with one attached hydrogen (secondary N) is 1. The normalized spacial score (nSPS) is 16.0. The van der Waals surface area contributed by atoms with E-state index >= 15 is 0 Å². The summed E-state index contributed by atoms with van der Waals surface area (Å²) in [6.07, 6.45) is 2.82. The summed E-state index contributed by atoms with van der Waals surface area (Å²) >= 11 is 0. The average Bonchev–Trinajstić information content (AvgIpc) is 3.22. The van der Waals surface area contributed by atoms with E-state index in [0.29, 0.717) is 0 Å². The fourth-order valence-electron chi connectivity index (χ4n) is 2.10. The Morgan fingerprint density at radius 1 is 1.39 bits per heavy atom. The zero-order valence-electron chi connectivity index (χ0n) is 10.9. The first kappa shape index (κ1) is 12.9. The lowest BCUT2D eigenvalue weighted by molar-refractivity contribution is 0.368. The van der Waals surface area contributed by atoms with Gasteiger partial charge < -0.3 is 10.1 Å². The van der Waals surface area contributed by atoms with Crippen LogP contribution in [0, 0.1) is 23.2 Å². The van der Waals surface area contributed by atoms with E-state index in [1.165, 1.54) is 18.4 Å². The highest BCUT2D eigenvalue weighted by Crippen LogP contribution is 2.36. The molecule has 1 aromatic carbocycles. The summed E-state index contributed by atoms with van der Waals surface area (Å²) in [4.78, 5) is 0. The van der Waals surface area contributed by atoms with Crippen molar-refractivity contribution in [2.75, 3.05) is 13.2 Å². The molecular weight excluding hydrogens is 224 g/mol. The van der Waals surface area contributed by atoms with Gasteiger partial charge in [0.1, 0.15) is 11.8 Å². The third-order valence-electron chi connectivity index (χ3n) is 3.45. The lowest BCUT2D eigenvalue weighted by Crippen LogP contribution is -2.21. The first-order chi connectivity index (χ1) is 8.79. The fraction of sp³-hybridized carbons (Fsp3) is 0.533. The molecule has 0 heterocycles. The molecule has 96 valence electrons. The Bertz CT molecular complexity index is 403. The summed E-state index contributed by atoms with van der Waals surface area (Å²) in [6.45, 7) is 4.42. The molecule has 1 saturated carbocycles. The molecule has 0 amide bonds. The van der Waals surface area contributed by atoms with E-state index in [1.54, 1.807) is 0 Å². The van der Waals surface area contributed by atoms with Crippen LogP contribution in [0.25, 0.3) is 0 Å². The average molecular weight is 244 g/mol. The van der Waals surface area contributed by atoms with Gasteiger partial charge in [-0.1, -0.05) is 19.1 Å². The van der Waals surface area contributed by atoms with Crippen molar-refractivity contribution < 1.29 is 4.74 Å². The van der Waals surface area contributed by atoms with Gasteiger partial charge in [0.2, 0.25) is 0 Å². The second-order valence-corrected chi connectivity index (χ2v) is 5.04. The molecule has 2 rings (SSSR count). The Labute approximate surface area is 109 Å². The number of nitrogens with zero attached hydrogens (tertiary/aromatic N) is 1. The summed E-state index contributed by atoms with van der Waals surface area (Å²) < 4.78 is 5.21. The van der Waals surface area contributed by atoms with Gasteiger partial charge >= 0.3 is 0 Å². The van der Waals surface area contributed by atoms with E-state index in [-0.39, 0.29) is 6.61 Å². The number of benzene rings is 1. The summed E-state index contributed by atoms with van der Waals surface area (Å²) in [6, 6.07) is 9.88. The third-order valence-corrected chi connectivity index (χ3v) is 3.45. The molecule has 3 nitrogen and oxygen atoms in total. The molecule has 0 radical (unpaired) electrons. The van der Waals surface area contributed by atoms with Crippen molar-refractivity contribution in [1.29, 1.82) is 5.26 Å². The number of nitriles is 1. The van der Waals surface area contributed by atoms with Crippen molar-refractivity contribution in [2.24, 2.45) is 11.8 Å². The highest BCUT2D eigenvalue weighted by Gasteiger charge is 2.27. The van der Waals surface area contributed by atoms with Gasteiger partial charge in [-0.15, -0.1) is 0 Å². The molecule has 0 spiro atoms. The van der Waals surface area contributed by atoms with Gasteiger partial charge in [-0.25, -0.2) is 0 Å². The maximum atomic E-state index is 8.42. The van der Waals surface area contributed by atoms with Gasteiger partial charge in [0, 0.05) is 6.54 Å². The van der Waals surface area contributed by atoms with E-state index in [1.807, 2.05) is 30.3 Å². The minimum Gasteiger partial charge on any atom is -0.479 e. The Hall–Kier alpha value is -1.53. The standard InChI is InChI=1S/C15H20N2O/c1-12(14-4-5-14)10-17-11-13-2-6-15(7-3-13)18-9-8-16/h2-3,6-7,12,14,17H,4-5,9-11H2,1H3. The SMILES string of the molecule is CC(CNCc1ccc(OCC#N)cc1)C1CC1. The minimum absolute atomic E-state index is 0.108. The van der Waals surface area contributed by atoms with E-state index in [2.05, 4.69) is 12.2 Å². The number of hydrogen-bond donors (Lipinski definition) is 1. The molecule has 1 aliphatic rings. The molecule has 1 fully saturated rings. The van der Waals surface area contributed by atoms with E-state index in [4.69, 9.17) is 10.00 Å². The lowest BCUT2D eigenvalue weighted by Gasteiger charge is -2.11. The van der Waals surface area contributed by atoms with Gasteiger partial charge in [0.05, 0.1) is 0 Å². The van der Waals surface area contributed by atoms with Crippen molar-refractivity contribution >= 4 is 0 Å². The van der Waals surface area contributed by atoms with Crippen LogP contribution < -0.4 is 10.1 Å². The van der Waals surface area contributed by atoms with Crippen LogP contribution in [0.4, 0.5) is 0 Å². The molecule has 1 aromatic rings. The van der Waals surface area contributed by atoms with Gasteiger partial charge in [-0.3, -0.25) is 0 Å². The molecule has 0 bridgehead atoms. The van der Waals surface area contributed by atoms with Crippen LogP contribution >= 0.6 is 0 Å². The van der Waals surface area contributed by atoms with Crippen molar-refractivity contribution in [3.05, 3.63) is 29.8 Å². The topological polar surface area (TPSA) is 45.0 Å². The second-order valence-electron chi connectivity index (χ2n) is 5.04. The fourth-order valence-corrected chi connectivity index (χ4v) is 2.10. The molecule has 1 atom stereocenters. The Kier molecular flexibility index (Phi) is 4.60. The number of ether oxygens (including phenoxy) is 1. The van der Waals surface area contributed by atoms with Crippen LogP contribution in [0.2, 0.25) is 0 Å². The maximum absolute atomic E-state index is 8.42. The number of hydrogen-bond acceptors (Lipinski definition) is 3. The Morgan fingerprint density at radius 2 is 2.11 bits per heavy atom. The quantitative estimate of drug-likeness (QED) is 0.802. The summed E-state index contributed by atoms with van der Waals surface area (Å²) in [7, 11) is 0. The zero-order chi connectivity index (χ0) is 12.8. The van der Waals surface area contributed by atoms with Crippen LogP contribution in [0.1, 0.15) is 25.3 Å². The Morgan fingerprint density at radius 3 is 2.72 bits per heavy atom. The molecule has 1 unspecified atom stereocenters.